The van der Waals surface area contributed by atoms with Crippen LogP contribution in [0.1, 0.15) is 25.3 Å². The van der Waals surface area contributed by atoms with Crippen molar-refractivity contribution >= 4 is 43.2 Å². The molecular formula is C23H22BrFN2O3S. The highest BCUT2D eigenvalue weighted by atomic mass is 79.9. The number of carbonyl (C=O) groups is 1. The summed E-state index contributed by atoms with van der Waals surface area (Å²) in [5.41, 5.74) is 1.36. The van der Waals surface area contributed by atoms with Crippen LogP contribution in [-0.2, 0) is 14.8 Å². The molecule has 0 aliphatic carbocycles. The molecule has 5 nitrogen and oxygen atoms in total. The average Bonchev–Trinajstić information content (AvgIpc) is 2.74. The summed E-state index contributed by atoms with van der Waals surface area (Å²) in [6, 6.07) is 19.1. The Balaban J connectivity index is 1.94. The van der Waals surface area contributed by atoms with Crippen molar-refractivity contribution < 1.29 is 17.6 Å². The van der Waals surface area contributed by atoms with Gasteiger partial charge in [0.15, 0.2) is 0 Å². The Morgan fingerprint density at radius 3 is 2.26 bits per heavy atom. The van der Waals surface area contributed by atoms with E-state index >= 15 is 0 Å². The van der Waals surface area contributed by atoms with Crippen LogP contribution >= 0.6 is 15.9 Å². The van der Waals surface area contributed by atoms with E-state index < -0.39 is 28.3 Å². The van der Waals surface area contributed by atoms with Gasteiger partial charge < -0.3 is 5.32 Å². The second-order valence-corrected chi connectivity index (χ2v) is 10.0. The number of sulfonamides is 1. The van der Waals surface area contributed by atoms with Crippen LogP contribution in [0.5, 0.6) is 0 Å². The maximum absolute atomic E-state index is 14.1. The van der Waals surface area contributed by atoms with E-state index in [-0.39, 0.29) is 16.5 Å². The summed E-state index contributed by atoms with van der Waals surface area (Å²) in [5.74, 6) is -1.01. The molecule has 31 heavy (non-hydrogen) atoms. The lowest BCUT2D eigenvalue weighted by molar-refractivity contribution is -0.114. The summed E-state index contributed by atoms with van der Waals surface area (Å²) in [5, 5.41) is 2.45. The van der Waals surface area contributed by atoms with E-state index in [2.05, 4.69) is 21.2 Å². The standard InChI is InChI=1S/C23H22BrFN2O3S/c1-16(2)17-8-11-19(12-9-17)27(31(29,30)20-6-4-3-5-7-20)15-23(28)26-22-13-10-18(24)14-21(22)25/h3-14,16H,15H2,1-2H3,(H,26,28). The Labute approximate surface area is 190 Å². The van der Waals surface area contributed by atoms with E-state index in [1.165, 1.54) is 24.3 Å². The first-order valence-corrected chi connectivity index (χ1v) is 11.8. The molecule has 3 aromatic rings. The van der Waals surface area contributed by atoms with Gasteiger partial charge in [-0.25, -0.2) is 12.8 Å². The average molecular weight is 505 g/mol. The molecule has 3 aromatic carbocycles. The molecule has 0 saturated heterocycles. The molecule has 0 saturated carbocycles. The fourth-order valence-electron chi connectivity index (χ4n) is 2.97. The van der Waals surface area contributed by atoms with Gasteiger partial charge in [0, 0.05) is 4.47 Å². The quantitative estimate of drug-likeness (QED) is 0.458. The maximum atomic E-state index is 14.1. The monoisotopic (exact) mass is 504 g/mol. The number of amides is 1. The zero-order valence-corrected chi connectivity index (χ0v) is 19.5. The SMILES string of the molecule is CC(C)c1ccc(N(CC(=O)Nc2ccc(Br)cc2F)S(=O)(=O)c2ccccc2)cc1. The third-order valence-electron chi connectivity index (χ3n) is 4.67. The molecule has 8 heteroatoms. The molecule has 0 heterocycles. The van der Waals surface area contributed by atoms with Crippen LogP contribution in [0.2, 0.25) is 0 Å². The first-order chi connectivity index (χ1) is 14.7. The van der Waals surface area contributed by atoms with Crippen LogP contribution in [0, 0.1) is 5.82 Å². The lowest BCUT2D eigenvalue weighted by Gasteiger charge is -2.24. The van der Waals surface area contributed by atoms with Crippen molar-refractivity contribution in [2.75, 3.05) is 16.2 Å². The van der Waals surface area contributed by atoms with E-state index in [0.29, 0.717) is 10.2 Å². The van der Waals surface area contributed by atoms with Crippen LogP contribution in [0.15, 0.2) is 82.2 Å². The molecule has 0 fully saturated rings. The molecule has 1 N–H and O–H groups in total. The summed E-state index contributed by atoms with van der Waals surface area (Å²) in [7, 11) is -4.02. The number of halogens is 2. The van der Waals surface area contributed by atoms with E-state index in [1.807, 2.05) is 26.0 Å². The molecule has 0 aliphatic heterocycles. The van der Waals surface area contributed by atoms with Gasteiger partial charge in [-0.1, -0.05) is 60.1 Å². The zero-order chi connectivity index (χ0) is 22.6. The predicted molar refractivity (Wildman–Crippen MR) is 124 cm³/mol. The van der Waals surface area contributed by atoms with Crippen molar-refractivity contribution in [2.45, 2.75) is 24.7 Å². The Morgan fingerprint density at radius 1 is 1.03 bits per heavy atom. The molecule has 0 aromatic heterocycles. The minimum absolute atomic E-state index is 0.0274. The van der Waals surface area contributed by atoms with E-state index in [4.69, 9.17) is 0 Å². The lowest BCUT2D eigenvalue weighted by Crippen LogP contribution is -2.38. The van der Waals surface area contributed by atoms with Gasteiger partial charge in [0.05, 0.1) is 16.3 Å². The summed E-state index contributed by atoms with van der Waals surface area (Å²) in [4.78, 5) is 12.8. The summed E-state index contributed by atoms with van der Waals surface area (Å²) in [6.45, 7) is 3.56. The van der Waals surface area contributed by atoms with Crippen molar-refractivity contribution in [1.82, 2.24) is 0 Å². The fraction of sp³-hybridized carbons (Fsp3) is 0.174. The molecular weight excluding hydrogens is 483 g/mol. The van der Waals surface area contributed by atoms with Gasteiger partial charge in [0.1, 0.15) is 12.4 Å². The normalized spacial score (nSPS) is 11.4. The van der Waals surface area contributed by atoms with Crippen LogP contribution in [-0.4, -0.2) is 20.9 Å². The topological polar surface area (TPSA) is 66.5 Å². The minimum Gasteiger partial charge on any atom is -0.322 e. The van der Waals surface area contributed by atoms with Gasteiger partial charge in [0.2, 0.25) is 5.91 Å². The number of anilines is 2. The third-order valence-corrected chi connectivity index (χ3v) is 6.95. The second kappa shape index (κ2) is 9.62. The number of benzene rings is 3. The Kier molecular flexibility index (Phi) is 7.12. The lowest BCUT2D eigenvalue weighted by atomic mass is 10.0. The van der Waals surface area contributed by atoms with Crippen molar-refractivity contribution in [3.63, 3.8) is 0 Å². The first-order valence-electron chi connectivity index (χ1n) is 9.61. The van der Waals surface area contributed by atoms with Crippen molar-refractivity contribution in [1.29, 1.82) is 0 Å². The van der Waals surface area contributed by atoms with Gasteiger partial charge in [-0.15, -0.1) is 0 Å². The largest absolute Gasteiger partial charge is 0.322 e. The highest BCUT2D eigenvalue weighted by molar-refractivity contribution is 9.10. The molecule has 0 unspecified atom stereocenters. The Hall–Kier alpha value is -2.71. The number of carbonyl (C=O) groups excluding carboxylic acids is 1. The molecule has 1 amide bonds. The molecule has 3 rings (SSSR count). The van der Waals surface area contributed by atoms with Crippen molar-refractivity contribution in [3.05, 3.63) is 88.6 Å². The van der Waals surface area contributed by atoms with E-state index in [9.17, 15) is 17.6 Å². The van der Waals surface area contributed by atoms with Gasteiger partial charge >= 0.3 is 0 Å². The summed E-state index contributed by atoms with van der Waals surface area (Å²) >= 11 is 3.16. The smallest absolute Gasteiger partial charge is 0.264 e. The van der Waals surface area contributed by atoms with Crippen molar-refractivity contribution in [3.8, 4) is 0 Å². The molecule has 0 atom stereocenters. The predicted octanol–water partition coefficient (Wildman–Crippen LogP) is 5.55. The second-order valence-electron chi connectivity index (χ2n) is 7.24. The number of hydrogen-bond donors (Lipinski definition) is 1. The molecule has 0 bridgehead atoms. The summed E-state index contributed by atoms with van der Waals surface area (Å²) in [6.07, 6.45) is 0. The van der Waals surface area contributed by atoms with Crippen LogP contribution in [0.3, 0.4) is 0 Å². The highest BCUT2D eigenvalue weighted by Crippen LogP contribution is 2.26. The third kappa shape index (κ3) is 5.51. The van der Waals surface area contributed by atoms with Crippen LogP contribution < -0.4 is 9.62 Å². The number of rotatable bonds is 7. The van der Waals surface area contributed by atoms with Crippen LogP contribution in [0.4, 0.5) is 15.8 Å². The van der Waals surface area contributed by atoms with Crippen molar-refractivity contribution in [2.24, 2.45) is 0 Å². The molecule has 0 radical (unpaired) electrons. The zero-order valence-electron chi connectivity index (χ0n) is 17.0. The number of hydrogen-bond acceptors (Lipinski definition) is 3. The minimum atomic E-state index is -4.02. The van der Waals surface area contributed by atoms with E-state index in [1.54, 1.807) is 36.4 Å². The molecule has 0 aliphatic rings. The van der Waals surface area contributed by atoms with Gasteiger partial charge in [-0.2, -0.15) is 0 Å². The highest BCUT2D eigenvalue weighted by Gasteiger charge is 2.27. The maximum Gasteiger partial charge on any atom is 0.264 e. The van der Waals surface area contributed by atoms with Crippen LogP contribution in [0.25, 0.3) is 0 Å². The fourth-order valence-corrected chi connectivity index (χ4v) is 4.75. The van der Waals surface area contributed by atoms with Gasteiger partial charge in [0.25, 0.3) is 10.0 Å². The summed E-state index contributed by atoms with van der Waals surface area (Å²) < 4.78 is 42.3. The number of nitrogens with zero attached hydrogens (tertiary/aromatic N) is 1. The molecule has 162 valence electrons. The van der Waals surface area contributed by atoms with Gasteiger partial charge in [-0.3, -0.25) is 9.10 Å². The first kappa shape index (κ1) is 23.0. The Bertz CT molecular complexity index is 1170. The van der Waals surface area contributed by atoms with Gasteiger partial charge in [-0.05, 0) is 53.9 Å². The Morgan fingerprint density at radius 2 is 1.68 bits per heavy atom. The molecule has 0 spiro atoms. The van der Waals surface area contributed by atoms with E-state index in [0.717, 1.165) is 9.87 Å². The number of nitrogens with one attached hydrogen (secondary N) is 1.